The molecule has 3 aromatic rings. The summed E-state index contributed by atoms with van der Waals surface area (Å²) >= 11 is 0. The largest absolute Gasteiger partial charge is 0.391 e. The topological polar surface area (TPSA) is 80.0 Å². The van der Waals surface area contributed by atoms with Gasteiger partial charge in [-0.15, -0.1) is 0 Å². The minimum Gasteiger partial charge on any atom is -0.391 e. The van der Waals surface area contributed by atoms with Crippen molar-refractivity contribution in [2.45, 2.75) is 38.0 Å². The van der Waals surface area contributed by atoms with Crippen LogP contribution in [0.1, 0.15) is 34.5 Å². The molecule has 6 nitrogen and oxygen atoms in total. The maximum absolute atomic E-state index is 12.5. The van der Waals surface area contributed by atoms with Crippen LogP contribution in [-0.4, -0.2) is 37.7 Å². The summed E-state index contributed by atoms with van der Waals surface area (Å²) in [5.74, 6) is 0.0781. The molecule has 144 valence electrons. The van der Waals surface area contributed by atoms with E-state index in [-0.39, 0.29) is 11.9 Å². The Kier molecular flexibility index (Phi) is 5.48. The van der Waals surface area contributed by atoms with Crippen LogP contribution in [-0.2, 0) is 13.0 Å². The maximum Gasteiger partial charge on any atom is 0.270 e. The van der Waals surface area contributed by atoms with Gasteiger partial charge in [0.1, 0.15) is 5.69 Å². The smallest absolute Gasteiger partial charge is 0.270 e. The molecule has 1 aromatic carbocycles. The van der Waals surface area contributed by atoms with Gasteiger partial charge in [-0.3, -0.25) is 9.78 Å². The van der Waals surface area contributed by atoms with E-state index in [2.05, 4.69) is 27.4 Å². The predicted molar refractivity (Wildman–Crippen MR) is 106 cm³/mol. The molecule has 1 saturated carbocycles. The molecule has 1 amide bonds. The molecule has 2 N–H and O–H groups in total. The van der Waals surface area contributed by atoms with Crippen LogP contribution in [0.5, 0.6) is 0 Å². The molecule has 6 heteroatoms. The first-order valence-corrected chi connectivity index (χ1v) is 9.61. The van der Waals surface area contributed by atoms with Crippen LogP contribution in [0.3, 0.4) is 0 Å². The quantitative estimate of drug-likeness (QED) is 0.692. The maximum atomic E-state index is 12.5. The second-order valence-corrected chi connectivity index (χ2v) is 7.46. The molecule has 0 bridgehead atoms. The van der Waals surface area contributed by atoms with Gasteiger partial charge < -0.3 is 15.0 Å². The zero-order chi connectivity index (χ0) is 19.3. The molecule has 0 spiro atoms. The highest BCUT2D eigenvalue weighted by molar-refractivity contribution is 5.92. The van der Waals surface area contributed by atoms with Crippen molar-refractivity contribution in [1.29, 1.82) is 0 Å². The number of nitrogens with zero attached hydrogens (tertiary/aromatic N) is 3. The average Bonchev–Trinajstić information content (AvgIpc) is 3.33. The van der Waals surface area contributed by atoms with Crippen LogP contribution in [0.2, 0.25) is 0 Å². The van der Waals surface area contributed by atoms with E-state index < -0.39 is 6.10 Å². The molecule has 2 heterocycles. The van der Waals surface area contributed by atoms with Gasteiger partial charge in [-0.1, -0.05) is 36.4 Å². The third-order valence-electron chi connectivity index (χ3n) is 5.28. The van der Waals surface area contributed by atoms with E-state index in [1.165, 1.54) is 5.56 Å². The summed E-state index contributed by atoms with van der Waals surface area (Å²) in [5.41, 5.74) is 2.64. The Morgan fingerprint density at radius 1 is 1.14 bits per heavy atom. The normalized spacial score (nSPS) is 21.5. The van der Waals surface area contributed by atoms with Crippen molar-refractivity contribution in [3.05, 3.63) is 84.2 Å². The first-order valence-electron chi connectivity index (χ1n) is 9.61. The third kappa shape index (κ3) is 4.46. The van der Waals surface area contributed by atoms with Crippen LogP contribution < -0.4 is 5.32 Å². The van der Waals surface area contributed by atoms with E-state index in [1.807, 2.05) is 35.0 Å². The standard InChI is InChI=1S/C22H24N4O2/c27-21-12-18(14-26-9-8-23-15-26)11-20(21)25-22(28)19-7-6-17(13-24-19)10-16-4-2-1-3-5-16/h1-9,13,15,18,20-21,27H,10-12,14H2,(H,25,28)/t18?,20-,21-/m1/s1. The number of pyridine rings is 1. The molecule has 2 aromatic heterocycles. The summed E-state index contributed by atoms with van der Waals surface area (Å²) in [6.45, 7) is 0.801. The van der Waals surface area contributed by atoms with Gasteiger partial charge in [0, 0.05) is 25.1 Å². The van der Waals surface area contributed by atoms with E-state index in [0.29, 0.717) is 18.0 Å². The van der Waals surface area contributed by atoms with Crippen molar-refractivity contribution in [3.63, 3.8) is 0 Å². The first kappa shape index (κ1) is 18.4. The highest BCUT2D eigenvalue weighted by Gasteiger charge is 2.34. The Morgan fingerprint density at radius 2 is 2.00 bits per heavy atom. The van der Waals surface area contributed by atoms with Crippen molar-refractivity contribution in [1.82, 2.24) is 19.9 Å². The fourth-order valence-corrected chi connectivity index (χ4v) is 3.85. The zero-order valence-corrected chi connectivity index (χ0v) is 15.6. The minimum absolute atomic E-state index is 0.237. The average molecular weight is 376 g/mol. The second-order valence-electron chi connectivity index (χ2n) is 7.46. The Morgan fingerprint density at radius 3 is 2.71 bits per heavy atom. The van der Waals surface area contributed by atoms with E-state index in [9.17, 15) is 9.90 Å². The Labute approximate surface area is 164 Å². The number of hydrogen-bond donors (Lipinski definition) is 2. The van der Waals surface area contributed by atoms with Crippen molar-refractivity contribution in [3.8, 4) is 0 Å². The van der Waals surface area contributed by atoms with E-state index in [4.69, 9.17) is 0 Å². The van der Waals surface area contributed by atoms with Gasteiger partial charge in [0.25, 0.3) is 5.91 Å². The van der Waals surface area contributed by atoms with E-state index >= 15 is 0 Å². The fourth-order valence-electron chi connectivity index (χ4n) is 3.85. The zero-order valence-electron chi connectivity index (χ0n) is 15.6. The SMILES string of the molecule is O=C(N[C@@H]1CC(Cn2ccnc2)C[C@H]1O)c1ccc(Cc2ccccc2)cn1. The molecule has 1 aliphatic carbocycles. The molecule has 28 heavy (non-hydrogen) atoms. The number of nitrogens with one attached hydrogen (secondary N) is 1. The Balaban J connectivity index is 1.33. The lowest BCUT2D eigenvalue weighted by Gasteiger charge is -2.16. The minimum atomic E-state index is -0.533. The fraction of sp³-hybridized carbons (Fsp3) is 0.318. The summed E-state index contributed by atoms with van der Waals surface area (Å²) in [4.78, 5) is 20.9. The highest BCUT2D eigenvalue weighted by atomic mass is 16.3. The summed E-state index contributed by atoms with van der Waals surface area (Å²) in [6.07, 6.45) is 8.86. The number of carbonyl (C=O) groups excluding carboxylic acids is 1. The van der Waals surface area contributed by atoms with Gasteiger partial charge in [0.05, 0.1) is 18.5 Å². The van der Waals surface area contributed by atoms with Gasteiger partial charge >= 0.3 is 0 Å². The lowest BCUT2D eigenvalue weighted by molar-refractivity contribution is 0.0868. The van der Waals surface area contributed by atoms with Gasteiger partial charge in [-0.2, -0.15) is 0 Å². The van der Waals surface area contributed by atoms with Crippen LogP contribution in [0.4, 0.5) is 0 Å². The summed E-state index contributed by atoms with van der Waals surface area (Å²) in [5, 5.41) is 13.3. The van der Waals surface area contributed by atoms with Crippen LogP contribution in [0.15, 0.2) is 67.4 Å². The number of rotatable bonds is 6. The van der Waals surface area contributed by atoms with Gasteiger partial charge in [-0.25, -0.2) is 4.98 Å². The highest BCUT2D eigenvalue weighted by Crippen LogP contribution is 2.27. The van der Waals surface area contributed by atoms with Crippen LogP contribution in [0.25, 0.3) is 0 Å². The number of amides is 1. The molecule has 0 radical (unpaired) electrons. The number of carbonyl (C=O) groups is 1. The molecule has 1 unspecified atom stereocenters. The van der Waals surface area contributed by atoms with Crippen molar-refractivity contribution >= 4 is 5.91 Å². The number of aromatic nitrogens is 3. The molecule has 1 aliphatic rings. The van der Waals surface area contributed by atoms with Crippen LogP contribution in [0, 0.1) is 5.92 Å². The van der Waals surface area contributed by atoms with Crippen molar-refractivity contribution in [2.24, 2.45) is 5.92 Å². The van der Waals surface area contributed by atoms with Gasteiger partial charge in [0.15, 0.2) is 0 Å². The van der Waals surface area contributed by atoms with Gasteiger partial charge in [-0.05, 0) is 42.4 Å². The predicted octanol–water partition coefficient (Wildman–Crippen LogP) is 2.44. The Bertz CT molecular complexity index is 894. The van der Waals surface area contributed by atoms with Gasteiger partial charge in [0.2, 0.25) is 0 Å². The number of benzene rings is 1. The first-order chi connectivity index (χ1) is 13.7. The molecule has 3 atom stereocenters. The third-order valence-corrected chi connectivity index (χ3v) is 5.28. The Hall–Kier alpha value is -2.99. The summed E-state index contributed by atoms with van der Waals surface area (Å²) < 4.78 is 2.01. The summed E-state index contributed by atoms with van der Waals surface area (Å²) in [6, 6.07) is 13.6. The number of aliphatic hydroxyl groups is 1. The lowest BCUT2D eigenvalue weighted by atomic mass is 10.1. The molecule has 4 rings (SSSR count). The van der Waals surface area contributed by atoms with E-state index in [1.54, 1.807) is 24.8 Å². The molecular weight excluding hydrogens is 352 g/mol. The number of imidazole rings is 1. The summed E-state index contributed by atoms with van der Waals surface area (Å²) in [7, 11) is 0. The molecule has 1 fully saturated rings. The monoisotopic (exact) mass is 376 g/mol. The second kappa shape index (κ2) is 8.35. The lowest BCUT2D eigenvalue weighted by Crippen LogP contribution is -2.40. The number of aliphatic hydroxyl groups excluding tert-OH is 1. The van der Waals surface area contributed by atoms with Crippen molar-refractivity contribution < 1.29 is 9.90 Å². The van der Waals surface area contributed by atoms with Crippen LogP contribution >= 0.6 is 0 Å². The molecule has 0 aliphatic heterocycles. The molecular formula is C22H24N4O2. The van der Waals surface area contributed by atoms with Crippen molar-refractivity contribution in [2.75, 3.05) is 0 Å². The number of hydrogen-bond acceptors (Lipinski definition) is 4. The molecule has 0 saturated heterocycles. The van der Waals surface area contributed by atoms with E-state index in [0.717, 1.165) is 24.9 Å².